The second-order valence-corrected chi connectivity index (χ2v) is 4.67. The third-order valence-electron chi connectivity index (χ3n) is 2.79. The van der Waals surface area contributed by atoms with Crippen LogP contribution in [-0.4, -0.2) is 20.9 Å². The average Bonchev–Trinajstić information content (AvgIpc) is 2.73. The second kappa shape index (κ2) is 4.64. The van der Waals surface area contributed by atoms with Crippen molar-refractivity contribution in [3.05, 3.63) is 47.3 Å². The molecule has 18 heavy (non-hydrogen) atoms. The van der Waals surface area contributed by atoms with Crippen molar-refractivity contribution in [3.63, 3.8) is 0 Å². The van der Waals surface area contributed by atoms with Crippen LogP contribution < -0.4 is 0 Å². The molecular weight excluding hydrogens is 228 g/mol. The summed E-state index contributed by atoms with van der Waals surface area (Å²) < 4.78 is 1.71. The molecule has 0 unspecified atom stereocenters. The molecule has 0 atom stereocenters. The van der Waals surface area contributed by atoms with Crippen molar-refractivity contribution in [2.45, 2.75) is 26.7 Å². The SMILES string of the molecule is Cc1cccc(-n2nc(C(=O)O)cc2C(C)C)c1. The Hall–Kier alpha value is -2.10. The molecule has 0 fully saturated rings. The van der Waals surface area contributed by atoms with Gasteiger partial charge in [-0.15, -0.1) is 0 Å². The number of hydrogen-bond acceptors (Lipinski definition) is 2. The highest BCUT2D eigenvalue weighted by molar-refractivity contribution is 5.85. The predicted molar refractivity (Wildman–Crippen MR) is 69.3 cm³/mol. The lowest BCUT2D eigenvalue weighted by Gasteiger charge is -2.10. The van der Waals surface area contributed by atoms with E-state index in [4.69, 9.17) is 5.11 Å². The summed E-state index contributed by atoms with van der Waals surface area (Å²) in [6.45, 7) is 6.05. The molecule has 4 nitrogen and oxygen atoms in total. The van der Waals surface area contributed by atoms with Crippen molar-refractivity contribution in [2.75, 3.05) is 0 Å². The second-order valence-electron chi connectivity index (χ2n) is 4.67. The van der Waals surface area contributed by atoms with Crippen molar-refractivity contribution in [1.82, 2.24) is 9.78 Å². The number of aromatic nitrogens is 2. The molecule has 2 rings (SSSR count). The van der Waals surface area contributed by atoms with E-state index in [1.165, 1.54) is 0 Å². The molecule has 0 radical (unpaired) electrons. The molecule has 1 aromatic heterocycles. The van der Waals surface area contributed by atoms with Crippen LogP contribution in [0.3, 0.4) is 0 Å². The molecule has 94 valence electrons. The molecule has 0 aliphatic carbocycles. The molecule has 1 aromatic carbocycles. The van der Waals surface area contributed by atoms with Gasteiger partial charge in [-0.2, -0.15) is 5.10 Å². The van der Waals surface area contributed by atoms with Gasteiger partial charge < -0.3 is 5.11 Å². The standard InChI is InChI=1S/C14H16N2O2/c1-9(2)13-8-12(14(17)18)15-16(13)11-6-4-5-10(3)7-11/h4-9H,1-3H3,(H,17,18). The van der Waals surface area contributed by atoms with E-state index in [0.29, 0.717) is 0 Å². The Balaban J connectivity index is 2.58. The van der Waals surface area contributed by atoms with E-state index < -0.39 is 5.97 Å². The molecule has 4 heteroatoms. The van der Waals surface area contributed by atoms with Gasteiger partial charge in [-0.25, -0.2) is 9.48 Å². The third-order valence-corrected chi connectivity index (χ3v) is 2.79. The highest BCUT2D eigenvalue weighted by atomic mass is 16.4. The quantitative estimate of drug-likeness (QED) is 0.903. The number of benzene rings is 1. The largest absolute Gasteiger partial charge is 0.476 e. The number of carbonyl (C=O) groups is 1. The van der Waals surface area contributed by atoms with Gasteiger partial charge in [0.25, 0.3) is 0 Å². The molecule has 1 heterocycles. The van der Waals surface area contributed by atoms with E-state index in [0.717, 1.165) is 16.9 Å². The minimum atomic E-state index is -0.997. The molecule has 0 aliphatic rings. The normalized spacial score (nSPS) is 10.9. The Kier molecular flexibility index (Phi) is 3.19. The van der Waals surface area contributed by atoms with Crippen molar-refractivity contribution in [2.24, 2.45) is 0 Å². The van der Waals surface area contributed by atoms with E-state index >= 15 is 0 Å². The summed E-state index contributed by atoms with van der Waals surface area (Å²) in [6.07, 6.45) is 0. The summed E-state index contributed by atoms with van der Waals surface area (Å²) in [5.41, 5.74) is 3.00. The summed E-state index contributed by atoms with van der Waals surface area (Å²) in [6, 6.07) is 9.49. The first-order chi connectivity index (χ1) is 8.49. The Morgan fingerprint density at radius 1 is 1.33 bits per heavy atom. The van der Waals surface area contributed by atoms with E-state index in [9.17, 15) is 4.79 Å². The zero-order valence-corrected chi connectivity index (χ0v) is 10.7. The van der Waals surface area contributed by atoms with Crippen LogP contribution in [0.25, 0.3) is 5.69 Å². The monoisotopic (exact) mass is 244 g/mol. The topological polar surface area (TPSA) is 55.1 Å². The van der Waals surface area contributed by atoms with Gasteiger partial charge in [-0.3, -0.25) is 0 Å². The summed E-state index contributed by atoms with van der Waals surface area (Å²) in [4.78, 5) is 11.0. The molecule has 0 saturated heterocycles. The van der Waals surface area contributed by atoms with Crippen molar-refractivity contribution in [1.29, 1.82) is 0 Å². The molecule has 1 N–H and O–H groups in total. The molecule has 0 amide bonds. The predicted octanol–water partition coefficient (Wildman–Crippen LogP) is 3.00. The van der Waals surface area contributed by atoms with Crippen LogP contribution in [0, 0.1) is 6.92 Å². The van der Waals surface area contributed by atoms with Gasteiger partial charge >= 0.3 is 5.97 Å². The fraction of sp³-hybridized carbons (Fsp3) is 0.286. The number of aromatic carboxylic acids is 1. The highest BCUT2D eigenvalue weighted by Crippen LogP contribution is 2.21. The smallest absolute Gasteiger partial charge is 0.356 e. The number of aryl methyl sites for hydroxylation is 1. The van der Waals surface area contributed by atoms with E-state index in [2.05, 4.69) is 5.10 Å². The van der Waals surface area contributed by atoms with Crippen molar-refractivity contribution >= 4 is 5.97 Å². The van der Waals surface area contributed by atoms with Crippen LogP contribution >= 0.6 is 0 Å². The van der Waals surface area contributed by atoms with Crippen LogP contribution in [0.2, 0.25) is 0 Å². The van der Waals surface area contributed by atoms with Crippen LogP contribution in [0.15, 0.2) is 30.3 Å². The molecule has 0 bridgehead atoms. The average molecular weight is 244 g/mol. The molecule has 0 aliphatic heterocycles. The van der Waals surface area contributed by atoms with E-state index in [-0.39, 0.29) is 11.6 Å². The number of hydrogen-bond donors (Lipinski definition) is 1. The lowest BCUT2D eigenvalue weighted by atomic mass is 10.1. The molecule has 0 spiro atoms. The fourth-order valence-electron chi connectivity index (χ4n) is 1.88. The van der Waals surface area contributed by atoms with E-state index in [1.807, 2.05) is 45.0 Å². The maximum atomic E-state index is 11.0. The minimum absolute atomic E-state index is 0.0835. The number of carboxylic acids is 1. The summed E-state index contributed by atoms with van der Waals surface area (Å²) in [5.74, 6) is -0.783. The van der Waals surface area contributed by atoms with Gasteiger partial charge in [0.1, 0.15) is 0 Å². The zero-order chi connectivity index (χ0) is 13.3. The number of rotatable bonds is 3. The van der Waals surface area contributed by atoms with Crippen molar-refractivity contribution in [3.8, 4) is 5.69 Å². The van der Waals surface area contributed by atoms with Gasteiger partial charge in [0.15, 0.2) is 5.69 Å². The summed E-state index contributed by atoms with van der Waals surface area (Å²) >= 11 is 0. The first-order valence-electron chi connectivity index (χ1n) is 5.89. The van der Waals surface area contributed by atoms with Crippen molar-refractivity contribution < 1.29 is 9.90 Å². The molecular formula is C14H16N2O2. The maximum Gasteiger partial charge on any atom is 0.356 e. The lowest BCUT2D eigenvalue weighted by molar-refractivity contribution is 0.0690. The number of nitrogens with zero attached hydrogens (tertiary/aromatic N) is 2. The Labute approximate surface area is 106 Å². The zero-order valence-electron chi connectivity index (χ0n) is 10.7. The highest BCUT2D eigenvalue weighted by Gasteiger charge is 2.16. The lowest BCUT2D eigenvalue weighted by Crippen LogP contribution is -2.05. The van der Waals surface area contributed by atoms with E-state index in [1.54, 1.807) is 10.7 Å². The summed E-state index contributed by atoms with van der Waals surface area (Å²) in [7, 11) is 0. The Morgan fingerprint density at radius 3 is 2.61 bits per heavy atom. The first-order valence-corrected chi connectivity index (χ1v) is 5.89. The number of carboxylic acid groups (broad SMARTS) is 1. The van der Waals surface area contributed by atoms with Gasteiger partial charge in [0.05, 0.1) is 5.69 Å². The van der Waals surface area contributed by atoms with Crippen LogP contribution in [-0.2, 0) is 0 Å². The fourth-order valence-corrected chi connectivity index (χ4v) is 1.88. The van der Waals surface area contributed by atoms with Crippen LogP contribution in [0.5, 0.6) is 0 Å². The third kappa shape index (κ3) is 2.27. The van der Waals surface area contributed by atoms with Crippen LogP contribution in [0.1, 0.15) is 41.5 Å². The minimum Gasteiger partial charge on any atom is -0.476 e. The van der Waals surface area contributed by atoms with Gasteiger partial charge in [-0.05, 0) is 36.6 Å². The van der Waals surface area contributed by atoms with Crippen LogP contribution in [0.4, 0.5) is 0 Å². The van der Waals surface area contributed by atoms with Gasteiger partial charge in [-0.1, -0.05) is 26.0 Å². The first kappa shape index (κ1) is 12.4. The molecule has 2 aromatic rings. The Bertz CT molecular complexity index is 585. The summed E-state index contributed by atoms with van der Waals surface area (Å²) in [5, 5.41) is 13.2. The van der Waals surface area contributed by atoms with Gasteiger partial charge in [0.2, 0.25) is 0 Å². The Morgan fingerprint density at radius 2 is 2.06 bits per heavy atom. The molecule has 0 saturated carbocycles. The van der Waals surface area contributed by atoms with Gasteiger partial charge in [0, 0.05) is 5.69 Å². The maximum absolute atomic E-state index is 11.0.